The Morgan fingerprint density at radius 1 is 1.30 bits per heavy atom. The number of nitrogens with one attached hydrogen (secondary N) is 1. The van der Waals surface area contributed by atoms with E-state index in [0.29, 0.717) is 50.7 Å². The molecule has 1 aromatic rings. The number of hydrogen-bond donors (Lipinski definition) is 1. The van der Waals surface area contributed by atoms with Crippen LogP contribution in [0.25, 0.3) is 0 Å². The molecule has 23 heavy (non-hydrogen) atoms. The van der Waals surface area contributed by atoms with E-state index >= 15 is 0 Å². The van der Waals surface area contributed by atoms with Crippen molar-refractivity contribution < 1.29 is 14.3 Å². The highest BCUT2D eigenvalue weighted by Crippen LogP contribution is 2.19. The Labute approximate surface area is 134 Å². The number of amides is 2. The molecule has 2 fully saturated rings. The van der Waals surface area contributed by atoms with Gasteiger partial charge in [0.25, 0.3) is 0 Å². The van der Waals surface area contributed by atoms with Crippen molar-refractivity contribution in [3.63, 3.8) is 0 Å². The maximum Gasteiger partial charge on any atom is 0.245 e. The van der Waals surface area contributed by atoms with Crippen LogP contribution in [-0.2, 0) is 9.59 Å². The van der Waals surface area contributed by atoms with E-state index in [4.69, 9.17) is 4.74 Å². The second-order valence-corrected chi connectivity index (χ2v) is 5.79. The number of piperazine rings is 1. The van der Waals surface area contributed by atoms with Crippen molar-refractivity contribution >= 4 is 17.6 Å². The summed E-state index contributed by atoms with van der Waals surface area (Å²) in [4.78, 5) is 36.2. The van der Waals surface area contributed by atoms with Gasteiger partial charge in [0, 0.05) is 38.7 Å². The van der Waals surface area contributed by atoms with E-state index in [1.54, 1.807) is 7.11 Å². The van der Waals surface area contributed by atoms with Crippen LogP contribution in [0.2, 0.25) is 0 Å². The second-order valence-electron chi connectivity index (χ2n) is 5.79. The zero-order chi connectivity index (χ0) is 16.4. The minimum absolute atomic E-state index is 0.0203. The van der Waals surface area contributed by atoms with Gasteiger partial charge in [0.1, 0.15) is 17.7 Å². The Morgan fingerprint density at radius 2 is 2.04 bits per heavy atom. The lowest BCUT2D eigenvalue weighted by atomic mass is 10.2. The van der Waals surface area contributed by atoms with Gasteiger partial charge in [-0.1, -0.05) is 0 Å². The summed E-state index contributed by atoms with van der Waals surface area (Å²) < 4.78 is 5.18. The molecule has 1 aromatic heterocycles. The van der Waals surface area contributed by atoms with Crippen LogP contribution in [0.3, 0.4) is 0 Å². The summed E-state index contributed by atoms with van der Waals surface area (Å²) in [5, 5.41) is 2.74. The summed E-state index contributed by atoms with van der Waals surface area (Å²) in [6.45, 7) is 4.47. The van der Waals surface area contributed by atoms with E-state index in [-0.39, 0.29) is 17.9 Å². The van der Waals surface area contributed by atoms with Gasteiger partial charge in [-0.3, -0.25) is 9.59 Å². The molecular weight excluding hydrogens is 298 g/mol. The fourth-order valence-corrected chi connectivity index (χ4v) is 2.97. The lowest BCUT2D eigenvalue weighted by Gasteiger charge is -2.36. The fraction of sp³-hybridized carbons (Fsp3) is 0.600. The number of rotatable bonds is 3. The summed E-state index contributed by atoms with van der Waals surface area (Å²) in [7, 11) is 1.58. The quantitative estimate of drug-likeness (QED) is 0.824. The molecular formula is C15H21N5O3. The zero-order valence-electron chi connectivity index (χ0n) is 13.4. The molecule has 2 aliphatic heterocycles. The van der Waals surface area contributed by atoms with Gasteiger partial charge in [-0.2, -0.15) is 4.98 Å². The van der Waals surface area contributed by atoms with Gasteiger partial charge in [0.2, 0.25) is 17.7 Å². The minimum atomic E-state index is -0.351. The van der Waals surface area contributed by atoms with Crippen molar-refractivity contribution in [2.75, 3.05) is 38.2 Å². The van der Waals surface area contributed by atoms with Gasteiger partial charge in [-0.15, -0.1) is 0 Å². The van der Waals surface area contributed by atoms with E-state index in [9.17, 15) is 9.59 Å². The summed E-state index contributed by atoms with van der Waals surface area (Å²) in [6, 6.07) is 1.46. The Bertz CT molecular complexity index is 613. The van der Waals surface area contributed by atoms with Crippen LogP contribution in [0.15, 0.2) is 6.07 Å². The van der Waals surface area contributed by atoms with E-state index in [1.807, 2.05) is 17.9 Å². The first-order valence-electron chi connectivity index (χ1n) is 7.79. The second kappa shape index (κ2) is 6.39. The van der Waals surface area contributed by atoms with Gasteiger partial charge in [0.15, 0.2) is 0 Å². The van der Waals surface area contributed by atoms with Crippen molar-refractivity contribution in [3.8, 4) is 5.88 Å². The van der Waals surface area contributed by atoms with E-state index in [2.05, 4.69) is 20.2 Å². The van der Waals surface area contributed by atoms with Crippen LogP contribution >= 0.6 is 0 Å². The number of methoxy groups -OCH3 is 1. The Balaban J connectivity index is 1.61. The molecule has 0 spiro atoms. The van der Waals surface area contributed by atoms with Crippen molar-refractivity contribution in [1.29, 1.82) is 0 Å². The average molecular weight is 319 g/mol. The third kappa shape index (κ3) is 3.35. The number of aromatic nitrogens is 2. The highest BCUT2D eigenvalue weighted by Gasteiger charge is 2.32. The molecule has 0 aromatic carbocycles. The normalized spacial score (nSPS) is 21.3. The summed E-state index contributed by atoms with van der Waals surface area (Å²) in [6.07, 6.45) is 1.04. The maximum absolute atomic E-state index is 12.4. The van der Waals surface area contributed by atoms with Gasteiger partial charge < -0.3 is 19.9 Å². The fourth-order valence-electron chi connectivity index (χ4n) is 2.97. The Morgan fingerprint density at radius 3 is 2.65 bits per heavy atom. The predicted octanol–water partition coefficient (Wildman–Crippen LogP) is -0.279. The first kappa shape index (κ1) is 15.5. The Hall–Kier alpha value is -2.38. The van der Waals surface area contributed by atoms with Crippen LogP contribution in [-0.4, -0.2) is 66.0 Å². The molecule has 2 aliphatic rings. The lowest BCUT2D eigenvalue weighted by Crippen LogP contribution is -2.53. The van der Waals surface area contributed by atoms with Crippen LogP contribution in [0, 0.1) is 6.92 Å². The lowest BCUT2D eigenvalue weighted by molar-refractivity contribution is -0.134. The number of anilines is 1. The summed E-state index contributed by atoms with van der Waals surface area (Å²) in [5.74, 6) is 2.00. The molecule has 3 heterocycles. The molecule has 0 aliphatic carbocycles. The van der Waals surface area contributed by atoms with Gasteiger partial charge >= 0.3 is 0 Å². The first-order chi connectivity index (χ1) is 11.1. The molecule has 124 valence electrons. The monoisotopic (exact) mass is 319 g/mol. The number of aryl methyl sites for hydroxylation is 1. The highest BCUT2D eigenvalue weighted by molar-refractivity contribution is 5.90. The molecule has 3 rings (SSSR count). The van der Waals surface area contributed by atoms with E-state index < -0.39 is 0 Å². The molecule has 0 radical (unpaired) electrons. The van der Waals surface area contributed by atoms with Crippen molar-refractivity contribution in [3.05, 3.63) is 11.9 Å². The number of carbonyl (C=O) groups excluding carboxylic acids is 2. The standard InChI is InChI=1S/C15H21N5O3/c1-10-16-12(9-14(17-10)23-2)19-5-7-20(8-6-19)15(22)11-3-4-13(21)18-11/h9,11H,3-8H2,1-2H3,(H,18,21)/t11-/m0/s1. The smallest absolute Gasteiger partial charge is 0.245 e. The number of ether oxygens (including phenoxy) is 1. The van der Waals surface area contributed by atoms with Crippen LogP contribution in [0.5, 0.6) is 5.88 Å². The molecule has 1 atom stereocenters. The highest BCUT2D eigenvalue weighted by atomic mass is 16.5. The summed E-state index contributed by atoms with van der Waals surface area (Å²) >= 11 is 0. The number of carbonyl (C=O) groups is 2. The zero-order valence-corrected chi connectivity index (χ0v) is 13.4. The van der Waals surface area contributed by atoms with Crippen LogP contribution < -0.4 is 15.0 Å². The molecule has 0 bridgehead atoms. The SMILES string of the molecule is COc1cc(N2CCN(C(=O)[C@@H]3CCC(=O)N3)CC2)nc(C)n1. The molecule has 1 N–H and O–H groups in total. The van der Waals surface area contributed by atoms with Crippen molar-refractivity contribution in [2.24, 2.45) is 0 Å². The number of hydrogen-bond acceptors (Lipinski definition) is 6. The number of nitrogens with zero attached hydrogens (tertiary/aromatic N) is 4. The summed E-state index contributed by atoms with van der Waals surface area (Å²) in [5.41, 5.74) is 0. The predicted molar refractivity (Wildman–Crippen MR) is 83.3 cm³/mol. The molecule has 0 saturated carbocycles. The molecule has 8 heteroatoms. The van der Waals surface area contributed by atoms with E-state index in [1.165, 1.54) is 0 Å². The topological polar surface area (TPSA) is 87.7 Å². The third-order valence-electron chi connectivity index (χ3n) is 4.22. The molecule has 2 saturated heterocycles. The largest absolute Gasteiger partial charge is 0.481 e. The molecule has 8 nitrogen and oxygen atoms in total. The maximum atomic E-state index is 12.4. The Kier molecular flexibility index (Phi) is 4.31. The third-order valence-corrected chi connectivity index (χ3v) is 4.22. The first-order valence-corrected chi connectivity index (χ1v) is 7.79. The van der Waals surface area contributed by atoms with Crippen molar-refractivity contribution in [2.45, 2.75) is 25.8 Å². The van der Waals surface area contributed by atoms with Gasteiger partial charge in [0.05, 0.1) is 7.11 Å². The molecule has 2 amide bonds. The van der Waals surface area contributed by atoms with E-state index in [0.717, 1.165) is 5.82 Å². The van der Waals surface area contributed by atoms with Crippen LogP contribution in [0.4, 0.5) is 5.82 Å². The average Bonchev–Trinajstić information content (AvgIpc) is 3.00. The van der Waals surface area contributed by atoms with Crippen LogP contribution in [0.1, 0.15) is 18.7 Å². The molecule has 0 unspecified atom stereocenters. The minimum Gasteiger partial charge on any atom is -0.481 e. The van der Waals surface area contributed by atoms with Crippen molar-refractivity contribution in [1.82, 2.24) is 20.2 Å². The van der Waals surface area contributed by atoms with Gasteiger partial charge in [-0.05, 0) is 13.3 Å². The van der Waals surface area contributed by atoms with Gasteiger partial charge in [-0.25, -0.2) is 4.98 Å².